The Labute approximate surface area is 244 Å². The zero-order valence-corrected chi connectivity index (χ0v) is 25.6. The molecule has 1 aliphatic rings. The summed E-state index contributed by atoms with van der Waals surface area (Å²) in [6.07, 6.45) is 3.70. The van der Waals surface area contributed by atoms with Gasteiger partial charge in [-0.05, 0) is 90.3 Å². The quantitative estimate of drug-likeness (QED) is 0.342. The molecule has 9 nitrogen and oxygen atoms in total. The molecule has 1 N–H and O–H groups in total. The van der Waals surface area contributed by atoms with E-state index in [2.05, 4.69) is 21.2 Å². The van der Waals surface area contributed by atoms with E-state index in [1.54, 1.807) is 24.3 Å². The summed E-state index contributed by atoms with van der Waals surface area (Å²) in [5.41, 5.74) is 1.62. The maximum absolute atomic E-state index is 13.7. The number of amides is 1. The topological polar surface area (TPSA) is 113 Å². The standard InChI is InChI=1S/C28H32BrN3O6S2/c1-21-7-11-23(12-8-21)32(40(36,37)25-15-16-27(38-2)26(29)19-25)20-28(33)30-22-9-13-24(14-10-22)39(34,35)31-17-5-3-4-6-18-31/h7-16,19H,3-6,17-18,20H2,1-2H3,(H,30,33). The molecule has 3 aromatic rings. The molecule has 0 saturated carbocycles. The van der Waals surface area contributed by atoms with E-state index in [1.165, 1.54) is 53.9 Å². The Hall–Kier alpha value is -2.93. The van der Waals surface area contributed by atoms with Crippen LogP contribution in [0, 0.1) is 6.92 Å². The Bertz CT molecular complexity index is 1550. The molecule has 0 aromatic heterocycles. The maximum Gasteiger partial charge on any atom is 0.264 e. The van der Waals surface area contributed by atoms with E-state index < -0.39 is 32.5 Å². The van der Waals surface area contributed by atoms with Gasteiger partial charge in [-0.1, -0.05) is 30.5 Å². The van der Waals surface area contributed by atoms with Crippen LogP contribution in [-0.2, 0) is 24.8 Å². The van der Waals surface area contributed by atoms with Crippen molar-refractivity contribution in [3.05, 3.63) is 76.8 Å². The number of ether oxygens (including phenoxy) is 1. The van der Waals surface area contributed by atoms with E-state index in [9.17, 15) is 21.6 Å². The van der Waals surface area contributed by atoms with Gasteiger partial charge in [0.15, 0.2) is 0 Å². The second-order valence-corrected chi connectivity index (χ2v) is 14.2. The Balaban J connectivity index is 1.55. The smallest absolute Gasteiger partial charge is 0.264 e. The predicted octanol–water partition coefficient (Wildman–Crippen LogP) is 5.16. The zero-order valence-electron chi connectivity index (χ0n) is 22.3. The van der Waals surface area contributed by atoms with Crippen LogP contribution < -0.4 is 14.4 Å². The third kappa shape index (κ3) is 6.85. The number of nitrogens with one attached hydrogen (secondary N) is 1. The maximum atomic E-state index is 13.7. The Morgan fingerprint density at radius 1 is 0.900 bits per heavy atom. The summed E-state index contributed by atoms with van der Waals surface area (Å²) in [5, 5.41) is 2.69. The molecule has 40 heavy (non-hydrogen) atoms. The number of nitrogens with zero attached hydrogens (tertiary/aromatic N) is 2. The largest absolute Gasteiger partial charge is 0.496 e. The van der Waals surface area contributed by atoms with Crippen LogP contribution in [0.5, 0.6) is 5.75 Å². The summed E-state index contributed by atoms with van der Waals surface area (Å²) in [6.45, 7) is 2.37. The highest BCUT2D eigenvalue weighted by molar-refractivity contribution is 9.10. The number of hydrogen-bond acceptors (Lipinski definition) is 6. The molecule has 1 aliphatic heterocycles. The van der Waals surface area contributed by atoms with Crippen molar-refractivity contribution in [2.75, 3.05) is 36.4 Å². The van der Waals surface area contributed by atoms with E-state index in [-0.39, 0.29) is 9.79 Å². The average molecular weight is 651 g/mol. The SMILES string of the molecule is COc1ccc(S(=O)(=O)N(CC(=O)Nc2ccc(S(=O)(=O)N3CCCCCC3)cc2)c2ccc(C)cc2)cc1Br. The van der Waals surface area contributed by atoms with Crippen molar-refractivity contribution in [2.45, 2.75) is 42.4 Å². The molecule has 0 atom stereocenters. The highest BCUT2D eigenvalue weighted by Crippen LogP contribution is 2.31. The van der Waals surface area contributed by atoms with E-state index in [4.69, 9.17) is 4.74 Å². The molecule has 1 fully saturated rings. The number of benzene rings is 3. The minimum absolute atomic E-state index is 0.0170. The van der Waals surface area contributed by atoms with Gasteiger partial charge in [-0.25, -0.2) is 16.8 Å². The normalized spacial score (nSPS) is 14.8. The fourth-order valence-electron chi connectivity index (χ4n) is 4.43. The molecule has 1 heterocycles. The van der Waals surface area contributed by atoms with Crippen LogP contribution in [-0.4, -0.2) is 53.8 Å². The predicted molar refractivity (Wildman–Crippen MR) is 159 cm³/mol. The van der Waals surface area contributed by atoms with Crippen molar-refractivity contribution in [2.24, 2.45) is 0 Å². The fourth-order valence-corrected chi connectivity index (χ4v) is 8.09. The summed E-state index contributed by atoms with van der Waals surface area (Å²) in [4.78, 5) is 13.2. The molecule has 0 bridgehead atoms. The minimum Gasteiger partial charge on any atom is -0.496 e. The number of hydrogen-bond donors (Lipinski definition) is 1. The summed E-state index contributed by atoms with van der Waals surface area (Å²) in [6, 6.07) is 17.1. The van der Waals surface area contributed by atoms with Crippen LogP contribution >= 0.6 is 15.9 Å². The lowest BCUT2D eigenvalue weighted by atomic mass is 10.2. The van der Waals surface area contributed by atoms with Crippen molar-refractivity contribution in [3.63, 3.8) is 0 Å². The molecule has 0 unspecified atom stereocenters. The number of aryl methyl sites for hydroxylation is 1. The third-order valence-corrected chi connectivity index (χ3v) is 11.0. The summed E-state index contributed by atoms with van der Waals surface area (Å²) in [5.74, 6) is -0.111. The highest BCUT2D eigenvalue weighted by atomic mass is 79.9. The Morgan fingerprint density at radius 2 is 1.50 bits per heavy atom. The number of sulfonamides is 2. The summed E-state index contributed by atoms with van der Waals surface area (Å²) in [7, 11) is -6.29. The van der Waals surface area contributed by atoms with Crippen LogP contribution in [0.3, 0.4) is 0 Å². The van der Waals surface area contributed by atoms with Gasteiger partial charge in [0.25, 0.3) is 10.0 Å². The molecular weight excluding hydrogens is 618 g/mol. The molecule has 0 radical (unpaired) electrons. The van der Waals surface area contributed by atoms with Crippen molar-refractivity contribution in [1.29, 1.82) is 0 Å². The fraction of sp³-hybridized carbons (Fsp3) is 0.321. The number of rotatable bonds is 9. The second kappa shape index (κ2) is 12.7. The van der Waals surface area contributed by atoms with Gasteiger partial charge in [0.2, 0.25) is 15.9 Å². The molecule has 12 heteroatoms. The van der Waals surface area contributed by atoms with Crippen molar-refractivity contribution >= 4 is 53.3 Å². The van der Waals surface area contributed by atoms with E-state index in [0.29, 0.717) is 34.7 Å². The van der Waals surface area contributed by atoms with Crippen molar-refractivity contribution in [1.82, 2.24) is 4.31 Å². The van der Waals surface area contributed by atoms with Gasteiger partial charge in [0.1, 0.15) is 12.3 Å². The zero-order chi connectivity index (χ0) is 28.9. The number of carbonyl (C=O) groups excluding carboxylic acids is 1. The van der Waals surface area contributed by atoms with Crippen LogP contribution in [0.4, 0.5) is 11.4 Å². The molecule has 4 rings (SSSR count). The van der Waals surface area contributed by atoms with Gasteiger partial charge >= 0.3 is 0 Å². The monoisotopic (exact) mass is 649 g/mol. The summed E-state index contributed by atoms with van der Waals surface area (Å²) >= 11 is 3.33. The summed E-state index contributed by atoms with van der Waals surface area (Å²) < 4.78 is 61.7. The van der Waals surface area contributed by atoms with Crippen LogP contribution in [0.15, 0.2) is 81.0 Å². The number of carbonyl (C=O) groups is 1. The van der Waals surface area contributed by atoms with E-state index >= 15 is 0 Å². The molecule has 1 amide bonds. The van der Waals surface area contributed by atoms with Gasteiger partial charge in [-0.3, -0.25) is 9.10 Å². The molecule has 0 aliphatic carbocycles. The van der Waals surface area contributed by atoms with Crippen molar-refractivity contribution in [3.8, 4) is 5.75 Å². The molecular formula is C28H32BrN3O6S2. The number of methoxy groups -OCH3 is 1. The molecule has 214 valence electrons. The van der Waals surface area contributed by atoms with Gasteiger partial charge in [-0.15, -0.1) is 0 Å². The van der Waals surface area contributed by atoms with E-state index in [0.717, 1.165) is 35.6 Å². The second-order valence-electron chi connectivity index (χ2n) is 9.53. The first kappa shape index (κ1) is 30.0. The van der Waals surface area contributed by atoms with Gasteiger partial charge in [0, 0.05) is 18.8 Å². The average Bonchev–Trinajstić information content (AvgIpc) is 3.23. The lowest BCUT2D eigenvalue weighted by Crippen LogP contribution is -2.38. The Kier molecular flexibility index (Phi) is 9.55. The Morgan fingerprint density at radius 3 is 2.08 bits per heavy atom. The molecule has 1 saturated heterocycles. The molecule has 3 aromatic carbocycles. The highest BCUT2D eigenvalue weighted by Gasteiger charge is 2.29. The van der Waals surface area contributed by atoms with E-state index in [1.807, 2.05) is 6.92 Å². The number of halogens is 1. The van der Waals surface area contributed by atoms with Crippen molar-refractivity contribution < 1.29 is 26.4 Å². The van der Waals surface area contributed by atoms with Gasteiger partial charge in [-0.2, -0.15) is 4.31 Å². The van der Waals surface area contributed by atoms with Crippen LogP contribution in [0.1, 0.15) is 31.2 Å². The number of anilines is 2. The lowest BCUT2D eigenvalue weighted by molar-refractivity contribution is -0.114. The van der Waals surface area contributed by atoms with Crippen LogP contribution in [0.2, 0.25) is 0 Å². The third-order valence-electron chi connectivity index (χ3n) is 6.66. The lowest BCUT2D eigenvalue weighted by Gasteiger charge is -2.24. The van der Waals surface area contributed by atoms with Gasteiger partial charge < -0.3 is 10.1 Å². The first-order valence-electron chi connectivity index (χ1n) is 12.9. The van der Waals surface area contributed by atoms with Crippen LogP contribution in [0.25, 0.3) is 0 Å². The molecule has 0 spiro atoms. The van der Waals surface area contributed by atoms with Gasteiger partial charge in [0.05, 0.1) is 27.1 Å². The first-order chi connectivity index (χ1) is 19.0. The minimum atomic E-state index is -4.14. The first-order valence-corrected chi connectivity index (χ1v) is 16.5.